The Kier molecular flexibility index (Phi) is 4.35. The molecule has 0 bridgehead atoms. The summed E-state index contributed by atoms with van der Waals surface area (Å²) in [5, 5.41) is 0. The predicted octanol–water partition coefficient (Wildman–Crippen LogP) is 2.06. The van der Waals surface area contributed by atoms with Gasteiger partial charge in [0.2, 0.25) is 0 Å². The largest absolute Gasteiger partial charge is 0.381 e. The van der Waals surface area contributed by atoms with Gasteiger partial charge >= 0.3 is 0 Å². The number of hydrogen-bond donors (Lipinski definition) is 0. The first-order valence-electron chi connectivity index (χ1n) is 5.42. The number of hydrogen-bond acceptors (Lipinski definition) is 1. The SMILES string of the molecule is C=CN(C)CCC[n+]1cc(C)cc(C)c1. The Hall–Kier alpha value is -1.31. The van der Waals surface area contributed by atoms with E-state index in [1.165, 1.54) is 11.1 Å². The van der Waals surface area contributed by atoms with Gasteiger partial charge in [-0.3, -0.25) is 0 Å². The van der Waals surface area contributed by atoms with Crippen LogP contribution in [0.1, 0.15) is 17.5 Å². The predicted molar refractivity (Wildman–Crippen MR) is 63.6 cm³/mol. The molecule has 0 saturated heterocycles. The Bertz CT molecular complexity index is 311. The number of pyridine rings is 1. The average molecular weight is 205 g/mol. The summed E-state index contributed by atoms with van der Waals surface area (Å²) in [6, 6.07) is 2.20. The maximum absolute atomic E-state index is 3.73. The third kappa shape index (κ3) is 4.15. The highest BCUT2D eigenvalue weighted by atomic mass is 15.1. The van der Waals surface area contributed by atoms with Gasteiger partial charge in [-0.05, 0) is 26.1 Å². The van der Waals surface area contributed by atoms with E-state index in [9.17, 15) is 0 Å². The fourth-order valence-electron chi connectivity index (χ4n) is 1.72. The van der Waals surface area contributed by atoms with E-state index < -0.39 is 0 Å². The summed E-state index contributed by atoms with van der Waals surface area (Å²) < 4.78 is 2.27. The van der Waals surface area contributed by atoms with Crippen LogP contribution in [0.25, 0.3) is 0 Å². The lowest BCUT2D eigenvalue weighted by atomic mass is 10.2. The number of aromatic nitrogens is 1. The van der Waals surface area contributed by atoms with Crippen LogP contribution in [0.15, 0.2) is 31.2 Å². The molecule has 0 amide bonds. The Morgan fingerprint density at radius 3 is 2.47 bits per heavy atom. The van der Waals surface area contributed by atoms with Crippen molar-refractivity contribution in [2.45, 2.75) is 26.8 Å². The van der Waals surface area contributed by atoms with Crippen LogP contribution in [0.2, 0.25) is 0 Å². The highest BCUT2D eigenvalue weighted by molar-refractivity contribution is 5.11. The van der Waals surface area contributed by atoms with Crippen LogP contribution in [-0.2, 0) is 6.54 Å². The topological polar surface area (TPSA) is 7.12 Å². The Morgan fingerprint density at radius 2 is 1.93 bits per heavy atom. The molecule has 0 aliphatic rings. The van der Waals surface area contributed by atoms with Gasteiger partial charge in [0, 0.05) is 31.1 Å². The van der Waals surface area contributed by atoms with Crippen molar-refractivity contribution in [3.8, 4) is 0 Å². The van der Waals surface area contributed by atoms with E-state index in [1.54, 1.807) is 0 Å². The summed E-state index contributed by atoms with van der Waals surface area (Å²) in [6.07, 6.45) is 7.41. The zero-order chi connectivity index (χ0) is 11.3. The molecule has 0 aliphatic carbocycles. The van der Waals surface area contributed by atoms with Crippen molar-refractivity contribution in [3.05, 3.63) is 42.4 Å². The maximum atomic E-state index is 3.73. The molecule has 0 radical (unpaired) electrons. The molecule has 0 N–H and O–H groups in total. The van der Waals surface area contributed by atoms with Crippen molar-refractivity contribution in [3.63, 3.8) is 0 Å². The van der Waals surface area contributed by atoms with Gasteiger partial charge in [-0.25, -0.2) is 4.57 Å². The molecule has 2 heteroatoms. The summed E-state index contributed by atoms with van der Waals surface area (Å²) in [4.78, 5) is 2.11. The molecular weight excluding hydrogens is 184 g/mol. The number of rotatable bonds is 5. The van der Waals surface area contributed by atoms with Crippen LogP contribution < -0.4 is 4.57 Å². The Balaban J connectivity index is 2.47. The minimum Gasteiger partial charge on any atom is -0.381 e. The van der Waals surface area contributed by atoms with E-state index in [2.05, 4.69) is 55.4 Å². The molecule has 0 aliphatic heterocycles. The molecule has 1 heterocycles. The van der Waals surface area contributed by atoms with Gasteiger partial charge in [-0.1, -0.05) is 6.58 Å². The second-order valence-electron chi connectivity index (χ2n) is 4.15. The lowest BCUT2D eigenvalue weighted by Gasteiger charge is -2.11. The lowest BCUT2D eigenvalue weighted by Crippen LogP contribution is -2.35. The normalized spacial score (nSPS) is 10.1. The number of aryl methyl sites for hydroxylation is 3. The first-order valence-corrected chi connectivity index (χ1v) is 5.42. The highest BCUT2D eigenvalue weighted by Crippen LogP contribution is 1.97. The van der Waals surface area contributed by atoms with Crippen molar-refractivity contribution in [2.75, 3.05) is 13.6 Å². The fourth-order valence-corrected chi connectivity index (χ4v) is 1.72. The Labute approximate surface area is 92.9 Å². The van der Waals surface area contributed by atoms with Crippen LogP contribution in [0.3, 0.4) is 0 Å². The molecule has 1 aromatic heterocycles. The standard InChI is InChI=1S/C13H21N2/c1-5-14(4)7-6-8-15-10-12(2)9-13(3)11-15/h5,9-11H,1,6-8H2,2-4H3/q+1. The van der Waals surface area contributed by atoms with Gasteiger partial charge in [-0.15, -0.1) is 0 Å². The molecule has 1 rings (SSSR count). The minimum absolute atomic E-state index is 1.06. The van der Waals surface area contributed by atoms with E-state index in [0.29, 0.717) is 0 Å². The quantitative estimate of drug-likeness (QED) is 0.667. The molecule has 0 aromatic carbocycles. The summed E-state index contributed by atoms with van der Waals surface area (Å²) in [5.41, 5.74) is 2.65. The zero-order valence-corrected chi connectivity index (χ0v) is 10.0. The molecule has 2 nitrogen and oxygen atoms in total. The average Bonchev–Trinajstić information content (AvgIpc) is 2.16. The summed E-state index contributed by atoms with van der Waals surface area (Å²) in [7, 11) is 2.05. The van der Waals surface area contributed by atoms with E-state index in [-0.39, 0.29) is 0 Å². The monoisotopic (exact) mass is 205 g/mol. The van der Waals surface area contributed by atoms with Crippen molar-refractivity contribution in [1.29, 1.82) is 0 Å². The van der Waals surface area contributed by atoms with Crippen molar-refractivity contribution in [2.24, 2.45) is 0 Å². The van der Waals surface area contributed by atoms with Gasteiger partial charge in [0.05, 0.1) is 0 Å². The van der Waals surface area contributed by atoms with Crippen LogP contribution >= 0.6 is 0 Å². The minimum atomic E-state index is 1.06. The molecule has 15 heavy (non-hydrogen) atoms. The van der Waals surface area contributed by atoms with E-state index in [0.717, 1.165) is 19.5 Å². The summed E-state index contributed by atoms with van der Waals surface area (Å²) in [5.74, 6) is 0. The Morgan fingerprint density at radius 1 is 1.33 bits per heavy atom. The van der Waals surface area contributed by atoms with Gasteiger partial charge < -0.3 is 4.90 Å². The first-order chi connectivity index (χ1) is 7.11. The van der Waals surface area contributed by atoms with Crippen molar-refractivity contribution < 1.29 is 4.57 Å². The third-order valence-electron chi connectivity index (χ3n) is 2.43. The lowest BCUT2D eigenvalue weighted by molar-refractivity contribution is -0.697. The van der Waals surface area contributed by atoms with E-state index >= 15 is 0 Å². The summed E-state index contributed by atoms with van der Waals surface area (Å²) in [6.45, 7) is 10.1. The zero-order valence-electron chi connectivity index (χ0n) is 10.0. The van der Waals surface area contributed by atoms with Gasteiger partial charge in [0.15, 0.2) is 12.4 Å². The van der Waals surface area contributed by atoms with Crippen LogP contribution in [-0.4, -0.2) is 18.5 Å². The smallest absolute Gasteiger partial charge is 0.171 e. The highest BCUT2D eigenvalue weighted by Gasteiger charge is 2.02. The van der Waals surface area contributed by atoms with E-state index in [1.807, 2.05) is 6.20 Å². The second-order valence-corrected chi connectivity index (χ2v) is 4.15. The molecular formula is C13H21N2+. The van der Waals surface area contributed by atoms with Crippen LogP contribution in [0.4, 0.5) is 0 Å². The second kappa shape index (κ2) is 5.54. The molecule has 0 saturated carbocycles. The summed E-state index contributed by atoms with van der Waals surface area (Å²) >= 11 is 0. The van der Waals surface area contributed by atoms with Crippen molar-refractivity contribution >= 4 is 0 Å². The molecule has 0 fully saturated rings. The van der Waals surface area contributed by atoms with Crippen molar-refractivity contribution in [1.82, 2.24) is 4.90 Å². The molecule has 82 valence electrons. The molecule has 0 spiro atoms. The molecule has 0 unspecified atom stereocenters. The number of nitrogens with zero attached hydrogens (tertiary/aromatic N) is 2. The third-order valence-corrected chi connectivity index (χ3v) is 2.43. The maximum Gasteiger partial charge on any atom is 0.171 e. The van der Waals surface area contributed by atoms with Crippen LogP contribution in [0, 0.1) is 13.8 Å². The molecule has 0 atom stereocenters. The molecule has 1 aromatic rings. The first kappa shape index (κ1) is 11.8. The van der Waals surface area contributed by atoms with Crippen LogP contribution in [0.5, 0.6) is 0 Å². The van der Waals surface area contributed by atoms with Gasteiger partial charge in [0.25, 0.3) is 0 Å². The van der Waals surface area contributed by atoms with Gasteiger partial charge in [0.1, 0.15) is 6.54 Å². The van der Waals surface area contributed by atoms with Gasteiger partial charge in [-0.2, -0.15) is 0 Å². The fraction of sp³-hybridized carbons (Fsp3) is 0.462. The van der Waals surface area contributed by atoms with E-state index in [4.69, 9.17) is 0 Å².